The Hall–Kier alpha value is -1.62. The van der Waals surface area contributed by atoms with Crippen LogP contribution in [0.15, 0.2) is 28.9 Å². The van der Waals surface area contributed by atoms with Crippen LogP contribution in [-0.2, 0) is 4.79 Å². The van der Waals surface area contributed by atoms with E-state index in [4.69, 9.17) is 5.73 Å². The van der Waals surface area contributed by atoms with Crippen LogP contribution in [0.5, 0.6) is 0 Å². The van der Waals surface area contributed by atoms with Crippen LogP contribution in [0.3, 0.4) is 0 Å². The number of fused-ring (bicyclic) bond motifs is 1. The zero-order chi connectivity index (χ0) is 11.0. The Morgan fingerprint density at radius 3 is 2.73 bits per heavy atom. The molecule has 0 atom stereocenters. The van der Waals surface area contributed by atoms with E-state index in [2.05, 4.69) is 20.9 Å². The van der Waals surface area contributed by atoms with Crippen molar-refractivity contribution in [3.8, 4) is 0 Å². The van der Waals surface area contributed by atoms with E-state index in [1.165, 1.54) is 6.20 Å². The van der Waals surface area contributed by atoms with Gasteiger partial charge < -0.3 is 10.7 Å². The summed E-state index contributed by atoms with van der Waals surface area (Å²) in [6.45, 7) is 0. The molecule has 5 heteroatoms. The van der Waals surface area contributed by atoms with Crippen molar-refractivity contribution >= 4 is 38.5 Å². The molecule has 0 aliphatic rings. The molecular formula is C10H7BrN2O2. The Morgan fingerprint density at radius 2 is 2.07 bits per heavy atom. The number of carbonyl (C=O) groups excluding carboxylic acids is 2. The molecule has 0 saturated carbocycles. The van der Waals surface area contributed by atoms with Crippen molar-refractivity contribution in [1.82, 2.24) is 4.98 Å². The zero-order valence-corrected chi connectivity index (χ0v) is 9.17. The number of hydrogen-bond donors (Lipinski definition) is 2. The predicted octanol–water partition coefficient (Wildman–Crippen LogP) is 1.60. The van der Waals surface area contributed by atoms with Crippen LogP contribution < -0.4 is 5.73 Å². The smallest absolute Gasteiger partial charge is 0.289 e. The van der Waals surface area contributed by atoms with Crippen molar-refractivity contribution in [3.05, 3.63) is 34.4 Å². The van der Waals surface area contributed by atoms with Gasteiger partial charge in [-0.05, 0) is 12.1 Å². The number of Topliss-reactive ketones (excluding diaryl/α,β-unsaturated/α-hetero) is 1. The number of ketones is 1. The lowest BCUT2D eigenvalue weighted by molar-refractivity contribution is -0.114. The number of nitrogens with two attached hydrogens (primary N) is 1. The highest BCUT2D eigenvalue weighted by Crippen LogP contribution is 2.22. The maximum Gasteiger partial charge on any atom is 0.289 e. The van der Waals surface area contributed by atoms with Crippen LogP contribution in [0.4, 0.5) is 0 Å². The Labute approximate surface area is 93.6 Å². The Morgan fingerprint density at radius 1 is 1.33 bits per heavy atom. The first kappa shape index (κ1) is 9.92. The third-order valence-electron chi connectivity index (χ3n) is 2.11. The van der Waals surface area contributed by atoms with Crippen LogP contribution >= 0.6 is 15.9 Å². The van der Waals surface area contributed by atoms with E-state index >= 15 is 0 Å². The van der Waals surface area contributed by atoms with Gasteiger partial charge in [0.05, 0.1) is 5.56 Å². The minimum atomic E-state index is -0.946. The van der Waals surface area contributed by atoms with Crippen molar-refractivity contribution < 1.29 is 9.59 Å². The molecular weight excluding hydrogens is 260 g/mol. The van der Waals surface area contributed by atoms with Gasteiger partial charge in [-0.15, -0.1) is 0 Å². The summed E-state index contributed by atoms with van der Waals surface area (Å²) in [7, 11) is 0. The molecule has 0 fully saturated rings. The zero-order valence-electron chi connectivity index (χ0n) is 7.58. The Bertz CT molecular complexity index is 560. The second-order valence-corrected chi connectivity index (χ2v) is 4.00. The highest BCUT2D eigenvalue weighted by Gasteiger charge is 2.16. The normalized spacial score (nSPS) is 10.5. The first-order chi connectivity index (χ1) is 7.09. The van der Waals surface area contributed by atoms with Gasteiger partial charge in [0.2, 0.25) is 0 Å². The third kappa shape index (κ3) is 1.66. The molecule has 0 aliphatic carbocycles. The number of nitrogens with one attached hydrogen (secondary N) is 1. The molecule has 4 nitrogen and oxygen atoms in total. The summed E-state index contributed by atoms with van der Waals surface area (Å²) in [6, 6.07) is 5.38. The number of carbonyl (C=O) groups is 2. The maximum absolute atomic E-state index is 11.4. The fourth-order valence-corrected chi connectivity index (χ4v) is 1.78. The third-order valence-corrected chi connectivity index (χ3v) is 2.61. The average molecular weight is 267 g/mol. The number of hydrogen-bond acceptors (Lipinski definition) is 2. The fraction of sp³-hybridized carbons (Fsp3) is 0. The first-order valence-electron chi connectivity index (χ1n) is 4.20. The van der Waals surface area contributed by atoms with Crippen molar-refractivity contribution in [1.29, 1.82) is 0 Å². The van der Waals surface area contributed by atoms with Crippen LogP contribution in [0.25, 0.3) is 10.9 Å². The number of H-pyrrole nitrogens is 1. The Balaban J connectivity index is 2.64. The quantitative estimate of drug-likeness (QED) is 0.640. The summed E-state index contributed by atoms with van der Waals surface area (Å²) in [5, 5.41) is 0.696. The molecule has 3 N–H and O–H groups in total. The van der Waals surface area contributed by atoms with Gasteiger partial charge in [-0.2, -0.15) is 0 Å². The monoisotopic (exact) mass is 266 g/mol. The molecule has 1 amide bonds. The minimum absolute atomic E-state index is 0.310. The number of amides is 1. The molecule has 15 heavy (non-hydrogen) atoms. The highest BCUT2D eigenvalue weighted by molar-refractivity contribution is 9.10. The van der Waals surface area contributed by atoms with Crippen LogP contribution in [0.2, 0.25) is 0 Å². The van der Waals surface area contributed by atoms with E-state index in [0.29, 0.717) is 10.9 Å². The van der Waals surface area contributed by atoms with Gasteiger partial charge >= 0.3 is 0 Å². The number of halogens is 1. The molecule has 0 unspecified atom stereocenters. The van der Waals surface area contributed by atoms with Gasteiger partial charge in [0.25, 0.3) is 11.7 Å². The van der Waals surface area contributed by atoms with Crippen molar-refractivity contribution in [3.63, 3.8) is 0 Å². The molecule has 1 heterocycles. The Kier molecular flexibility index (Phi) is 2.32. The summed E-state index contributed by atoms with van der Waals surface area (Å²) in [6.07, 6.45) is 1.49. The van der Waals surface area contributed by atoms with E-state index in [0.717, 1.165) is 9.99 Å². The van der Waals surface area contributed by atoms with Crippen molar-refractivity contribution in [2.45, 2.75) is 0 Å². The number of aromatic amines is 1. The number of rotatable bonds is 2. The van der Waals surface area contributed by atoms with E-state index < -0.39 is 11.7 Å². The van der Waals surface area contributed by atoms with Crippen LogP contribution in [0, 0.1) is 0 Å². The molecule has 2 rings (SSSR count). The van der Waals surface area contributed by atoms with Gasteiger partial charge in [-0.3, -0.25) is 9.59 Å². The fourth-order valence-electron chi connectivity index (χ4n) is 1.42. The number of aromatic nitrogens is 1. The van der Waals surface area contributed by atoms with E-state index in [9.17, 15) is 9.59 Å². The lowest BCUT2D eigenvalue weighted by atomic mass is 10.1. The van der Waals surface area contributed by atoms with Crippen LogP contribution in [0.1, 0.15) is 10.4 Å². The molecule has 1 aromatic heterocycles. The van der Waals surface area contributed by atoms with E-state index in [1.807, 2.05) is 6.07 Å². The molecule has 0 saturated heterocycles. The summed E-state index contributed by atoms with van der Waals surface area (Å²) < 4.78 is 0.898. The van der Waals surface area contributed by atoms with E-state index in [-0.39, 0.29) is 0 Å². The SMILES string of the molecule is NC(=O)C(=O)c1c[nH]c2cc(Br)ccc12. The standard InChI is InChI=1S/C10H7BrN2O2/c11-5-1-2-6-7(9(14)10(12)15)4-13-8(6)3-5/h1-4,13H,(H2,12,15). The largest absolute Gasteiger partial charge is 0.363 e. The van der Waals surface area contributed by atoms with Gasteiger partial charge in [-0.1, -0.05) is 22.0 Å². The van der Waals surface area contributed by atoms with Gasteiger partial charge in [-0.25, -0.2) is 0 Å². The number of primary amides is 1. The summed E-state index contributed by atoms with van der Waals surface area (Å²) in [5.74, 6) is -1.62. The summed E-state index contributed by atoms with van der Waals surface area (Å²) >= 11 is 3.31. The summed E-state index contributed by atoms with van der Waals surface area (Å²) in [5.41, 5.74) is 6.03. The summed E-state index contributed by atoms with van der Waals surface area (Å²) in [4.78, 5) is 25.1. The number of benzene rings is 1. The lowest BCUT2D eigenvalue weighted by Gasteiger charge is -1.94. The van der Waals surface area contributed by atoms with Gasteiger partial charge in [0, 0.05) is 21.6 Å². The van der Waals surface area contributed by atoms with Crippen molar-refractivity contribution in [2.75, 3.05) is 0 Å². The lowest BCUT2D eigenvalue weighted by Crippen LogP contribution is -2.22. The van der Waals surface area contributed by atoms with Crippen molar-refractivity contribution in [2.24, 2.45) is 5.73 Å². The van der Waals surface area contributed by atoms with E-state index in [1.54, 1.807) is 12.1 Å². The highest BCUT2D eigenvalue weighted by atomic mass is 79.9. The van der Waals surface area contributed by atoms with Gasteiger partial charge in [0.15, 0.2) is 0 Å². The molecule has 0 spiro atoms. The molecule has 0 radical (unpaired) electrons. The average Bonchev–Trinajstić information content (AvgIpc) is 2.59. The molecule has 1 aromatic carbocycles. The molecule has 76 valence electrons. The molecule has 0 aliphatic heterocycles. The van der Waals surface area contributed by atoms with Gasteiger partial charge in [0.1, 0.15) is 0 Å². The maximum atomic E-state index is 11.4. The molecule has 2 aromatic rings. The topological polar surface area (TPSA) is 76.0 Å². The first-order valence-corrected chi connectivity index (χ1v) is 4.99. The molecule has 0 bridgehead atoms. The second kappa shape index (κ2) is 3.51. The minimum Gasteiger partial charge on any atom is -0.363 e. The second-order valence-electron chi connectivity index (χ2n) is 3.09. The predicted molar refractivity (Wildman–Crippen MR) is 59.5 cm³/mol. The van der Waals surface area contributed by atoms with Crippen LogP contribution in [-0.4, -0.2) is 16.7 Å².